The highest BCUT2D eigenvalue weighted by Crippen LogP contribution is 2.20. The van der Waals surface area contributed by atoms with Crippen LogP contribution in [0.3, 0.4) is 0 Å². The van der Waals surface area contributed by atoms with Crippen molar-refractivity contribution in [3.8, 4) is 11.5 Å². The minimum Gasteiger partial charge on any atom is -0.494 e. The number of rotatable bonds is 7. The summed E-state index contributed by atoms with van der Waals surface area (Å²) in [6.45, 7) is 8.92. The van der Waals surface area contributed by atoms with Crippen LogP contribution in [-0.2, 0) is 6.42 Å². The first-order chi connectivity index (χ1) is 13.9. The Hall–Kier alpha value is -3.07. The largest absolute Gasteiger partial charge is 0.494 e. The van der Waals surface area contributed by atoms with E-state index in [1.165, 1.54) is 16.7 Å². The molecule has 3 rings (SSSR count). The van der Waals surface area contributed by atoms with Crippen LogP contribution in [0.2, 0.25) is 0 Å². The summed E-state index contributed by atoms with van der Waals surface area (Å²) in [4.78, 5) is 12.3. The molecule has 0 atom stereocenters. The van der Waals surface area contributed by atoms with Crippen LogP contribution in [0.15, 0.2) is 60.7 Å². The molecule has 0 N–H and O–H groups in total. The monoisotopic (exact) mass is 388 g/mol. The van der Waals surface area contributed by atoms with E-state index >= 15 is 0 Å². The molecule has 0 unspecified atom stereocenters. The normalized spacial score (nSPS) is 10.6. The van der Waals surface area contributed by atoms with Crippen molar-refractivity contribution >= 4 is 5.97 Å². The number of hydrogen-bond donors (Lipinski definition) is 0. The molecule has 29 heavy (non-hydrogen) atoms. The average molecular weight is 389 g/mol. The SMILES string of the molecule is Cc1ccc(CCCOc2ccc(OC(=O)c3ccc(C)c(C)c3)cc2)cc1C. The molecule has 0 spiro atoms. The summed E-state index contributed by atoms with van der Waals surface area (Å²) in [7, 11) is 0. The van der Waals surface area contributed by atoms with Gasteiger partial charge in [-0.3, -0.25) is 0 Å². The van der Waals surface area contributed by atoms with Crippen molar-refractivity contribution in [2.24, 2.45) is 0 Å². The molecule has 0 radical (unpaired) electrons. The number of aryl methyl sites for hydroxylation is 5. The van der Waals surface area contributed by atoms with E-state index < -0.39 is 0 Å². The Bertz CT molecular complexity index is 987. The number of hydrogen-bond acceptors (Lipinski definition) is 3. The van der Waals surface area contributed by atoms with Crippen molar-refractivity contribution in [2.45, 2.75) is 40.5 Å². The zero-order valence-corrected chi connectivity index (χ0v) is 17.6. The maximum Gasteiger partial charge on any atom is 0.343 e. The molecule has 3 aromatic rings. The predicted octanol–water partition coefficient (Wildman–Crippen LogP) is 6.15. The van der Waals surface area contributed by atoms with Crippen molar-refractivity contribution in [2.75, 3.05) is 6.61 Å². The standard InChI is InChI=1S/C26H28O3/c1-18-7-9-22(16-20(18)3)6-5-15-28-24-11-13-25(14-12-24)29-26(27)23-10-8-19(2)21(4)17-23/h7-14,16-17H,5-6,15H2,1-4H3. The number of esters is 1. The fourth-order valence-electron chi connectivity index (χ4n) is 3.06. The lowest BCUT2D eigenvalue weighted by molar-refractivity contribution is 0.0734. The maximum absolute atomic E-state index is 12.3. The first-order valence-corrected chi connectivity index (χ1v) is 10.0. The van der Waals surface area contributed by atoms with Crippen molar-refractivity contribution < 1.29 is 14.3 Å². The van der Waals surface area contributed by atoms with Crippen LogP contribution in [0.5, 0.6) is 11.5 Å². The molecule has 0 bridgehead atoms. The highest BCUT2D eigenvalue weighted by atomic mass is 16.5. The highest BCUT2D eigenvalue weighted by Gasteiger charge is 2.09. The van der Waals surface area contributed by atoms with Gasteiger partial charge in [0.1, 0.15) is 11.5 Å². The van der Waals surface area contributed by atoms with E-state index in [0.29, 0.717) is 17.9 Å². The summed E-state index contributed by atoms with van der Waals surface area (Å²) in [5.41, 5.74) is 6.77. The Kier molecular flexibility index (Phi) is 6.71. The van der Waals surface area contributed by atoms with Crippen molar-refractivity contribution in [1.82, 2.24) is 0 Å². The molecule has 150 valence electrons. The van der Waals surface area contributed by atoms with Crippen LogP contribution >= 0.6 is 0 Å². The van der Waals surface area contributed by atoms with Crippen LogP contribution < -0.4 is 9.47 Å². The van der Waals surface area contributed by atoms with Gasteiger partial charge < -0.3 is 9.47 Å². The van der Waals surface area contributed by atoms with Gasteiger partial charge in [-0.2, -0.15) is 0 Å². The zero-order valence-electron chi connectivity index (χ0n) is 17.6. The lowest BCUT2D eigenvalue weighted by atomic mass is 10.0. The summed E-state index contributed by atoms with van der Waals surface area (Å²) in [5, 5.41) is 0. The Morgan fingerprint density at radius 2 is 1.34 bits per heavy atom. The maximum atomic E-state index is 12.3. The Morgan fingerprint density at radius 1 is 0.724 bits per heavy atom. The van der Waals surface area contributed by atoms with Crippen LogP contribution in [-0.4, -0.2) is 12.6 Å². The summed E-state index contributed by atoms with van der Waals surface area (Å²) in [6.07, 6.45) is 1.94. The van der Waals surface area contributed by atoms with E-state index in [2.05, 4.69) is 32.0 Å². The fraction of sp³-hybridized carbons (Fsp3) is 0.269. The van der Waals surface area contributed by atoms with Gasteiger partial charge in [-0.25, -0.2) is 4.79 Å². The number of benzene rings is 3. The molecule has 3 heteroatoms. The average Bonchev–Trinajstić information content (AvgIpc) is 2.71. The molecule has 0 saturated carbocycles. The smallest absolute Gasteiger partial charge is 0.343 e. The minimum atomic E-state index is -0.352. The molecule has 0 amide bonds. The number of carbonyl (C=O) groups excluding carboxylic acids is 1. The van der Waals surface area contributed by atoms with Gasteiger partial charge in [-0.1, -0.05) is 24.3 Å². The lowest BCUT2D eigenvalue weighted by Gasteiger charge is -2.09. The Morgan fingerprint density at radius 3 is 2.00 bits per heavy atom. The van der Waals surface area contributed by atoms with Gasteiger partial charge in [0.05, 0.1) is 12.2 Å². The molecular weight excluding hydrogens is 360 g/mol. The van der Waals surface area contributed by atoms with Crippen molar-refractivity contribution in [1.29, 1.82) is 0 Å². The van der Waals surface area contributed by atoms with Crippen molar-refractivity contribution in [3.05, 3.63) is 94.0 Å². The molecule has 0 aliphatic carbocycles. The summed E-state index contributed by atoms with van der Waals surface area (Å²) < 4.78 is 11.3. The second-order valence-electron chi connectivity index (χ2n) is 7.53. The summed E-state index contributed by atoms with van der Waals surface area (Å²) in [6, 6.07) is 19.4. The third-order valence-electron chi connectivity index (χ3n) is 5.23. The van der Waals surface area contributed by atoms with E-state index in [4.69, 9.17) is 9.47 Å². The first-order valence-electron chi connectivity index (χ1n) is 10.0. The van der Waals surface area contributed by atoms with Gasteiger partial charge >= 0.3 is 5.97 Å². The quantitative estimate of drug-likeness (QED) is 0.277. The van der Waals surface area contributed by atoms with Gasteiger partial charge in [0, 0.05) is 0 Å². The topological polar surface area (TPSA) is 35.5 Å². The van der Waals surface area contributed by atoms with Gasteiger partial charge in [-0.05, 0) is 105 Å². The summed E-state index contributed by atoms with van der Waals surface area (Å²) >= 11 is 0. The van der Waals surface area contributed by atoms with Gasteiger partial charge in [0.2, 0.25) is 0 Å². The van der Waals surface area contributed by atoms with Gasteiger partial charge in [0.15, 0.2) is 0 Å². The highest BCUT2D eigenvalue weighted by molar-refractivity contribution is 5.91. The molecule has 3 aromatic carbocycles. The third-order valence-corrected chi connectivity index (χ3v) is 5.23. The van der Waals surface area contributed by atoms with E-state index in [1.54, 1.807) is 18.2 Å². The predicted molar refractivity (Wildman–Crippen MR) is 117 cm³/mol. The lowest BCUT2D eigenvalue weighted by Crippen LogP contribution is -2.09. The van der Waals surface area contributed by atoms with E-state index in [1.807, 2.05) is 38.1 Å². The second-order valence-corrected chi connectivity index (χ2v) is 7.53. The Balaban J connectivity index is 1.47. The molecule has 0 heterocycles. The fourth-order valence-corrected chi connectivity index (χ4v) is 3.06. The van der Waals surface area contributed by atoms with E-state index in [9.17, 15) is 4.79 Å². The van der Waals surface area contributed by atoms with Crippen LogP contribution in [0.1, 0.15) is 44.6 Å². The minimum absolute atomic E-state index is 0.352. The van der Waals surface area contributed by atoms with Crippen LogP contribution in [0, 0.1) is 27.7 Å². The first kappa shape index (κ1) is 20.7. The van der Waals surface area contributed by atoms with E-state index in [0.717, 1.165) is 29.7 Å². The number of ether oxygens (including phenoxy) is 2. The van der Waals surface area contributed by atoms with E-state index in [-0.39, 0.29) is 5.97 Å². The number of carbonyl (C=O) groups is 1. The molecule has 0 aliphatic heterocycles. The molecular formula is C26H28O3. The molecule has 0 aliphatic rings. The molecule has 0 fully saturated rings. The molecule has 3 nitrogen and oxygen atoms in total. The second kappa shape index (κ2) is 9.42. The molecule has 0 aromatic heterocycles. The third kappa shape index (κ3) is 5.71. The van der Waals surface area contributed by atoms with Gasteiger partial charge in [-0.15, -0.1) is 0 Å². The zero-order chi connectivity index (χ0) is 20.8. The van der Waals surface area contributed by atoms with Crippen LogP contribution in [0.25, 0.3) is 0 Å². The molecule has 0 saturated heterocycles. The van der Waals surface area contributed by atoms with Crippen molar-refractivity contribution in [3.63, 3.8) is 0 Å². The Labute approximate surface area is 173 Å². The van der Waals surface area contributed by atoms with Gasteiger partial charge in [0.25, 0.3) is 0 Å². The van der Waals surface area contributed by atoms with Crippen LogP contribution in [0.4, 0.5) is 0 Å². The summed E-state index contributed by atoms with van der Waals surface area (Å²) in [5.74, 6) is 0.932.